The van der Waals surface area contributed by atoms with E-state index in [0.29, 0.717) is 0 Å². The molecule has 0 radical (unpaired) electrons. The van der Waals surface area contributed by atoms with Crippen molar-refractivity contribution in [3.8, 4) is 12.1 Å². The summed E-state index contributed by atoms with van der Waals surface area (Å²) in [5, 5.41) is 21.1. The number of ether oxygens (including phenoxy) is 2. The molecule has 0 aromatic carbocycles. The molecule has 15 heteroatoms. The summed E-state index contributed by atoms with van der Waals surface area (Å²) in [7, 11) is -3.08. The van der Waals surface area contributed by atoms with Gasteiger partial charge in [-0.3, -0.25) is 9.59 Å². The van der Waals surface area contributed by atoms with Gasteiger partial charge < -0.3 is 14.0 Å². The molecule has 0 amide bonds. The number of alkyl halides is 2. The van der Waals surface area contributed by atoms with E-state index in [9.17, 15) is 41.9 Å². The third-order valence-electron chi connectivity index (χ3n) is 3.53. The van der Waals surface area contributed by atoms with Crippen molar-refractivity contribution >= 4 is 22.1 Å². The minimum Gasteiger partial charge on any atom is -0.743 e. The second-order valence-corrected chi connectivity index (χ2v) is 7.75. The van der Waals surface area contributed by atoms with Gasteiger partial charge in [-0.15, -0.1) is 0 Å². The summed E-state index contributed by atoms with van der Waals surface area (Å²) in [6.45, 7) is 0.615. The van der Waals surface area contributed by atoms with Crippen molar-refractivity contribution in [3.05, 3.63) is 7.11 Å². The van der Waals surface area contributed by atoms with Crippen molar-refractivity contribution in [2.45, 2.75) is 55.9 Å². The fourth-order valence-corrected chi connectivity index (χ4v) is 1.75. The van der Waals surface area contributed by atoms with E-state index >= 15 is 0 Å². The van der Waals surface area contributed by atoms with Crippen molar-refractivity contribution in [3.63, 3.8) is 0 Å². The Kier molecular flexibility index (Phi) is 12.4. The molecule has 0 aromatic rings. The molecule has 0 saturated heterocycles. The maximum Gasteiger partial charge on any atom is 1.00 e. The van der Waals surface area contributed by atoms with Crippen LogP contribution in [0.1, 0.15) is 39.5 Å². The fraction of sp³-hybridized carbons (Fsp3) is 0.667. The largest absolute Gasteiger partial charge is 1.00 e. The smallest absolute Gasteiger partial charge is 0.743 e. The number of carbonyl (C=O) groups excluding carboxylic acids is 2. The molecule has 0 aliphatic heterocycles. The maximum atomic E-state index is 12.9. The Morgan fingerprint density at radius 2 is 1.47 bits per heavy atom. The molecule has 0 bridgehead atoms. The van der Waals surface area contributed by atoms with Crippen LogP contribution in [0.15, 0.2) is 10.2 Å². The number of azo groups is 1. The van der Waals surface area contributed by atoms with Crippen LogP contribution in [0.4, 0.5) is 8.78 Å². The van der Waals surface area contributed by atoms with Gasteiger partial charge in [-0.05, 0) is 26.7 Å². The topological polar surface area (TPSA) is 182 Å². The average molecular weight is 459 g/mol. The summed E-state index contributed by atoms with van der Waals surface area (Å²) in [6, 6.07) is 3.54. The van der Waals surface area contributed by atoms with E-state index in [0.717, 1.165) is 0 Å². The van der Waals surface area contributed by atoms with Crippen LogP contribution in [0.3, 0.4) is 0 Å². The Balaban J connectivity index is 0. The van der Waals surface area contributed by atoms with Crippen LogP contribution in [-0.4, -0.2) is 47.8 Å². The Hall–Kier alpha value is -1.71. The van der Waals surface area contributed by atoms with Gasteiger partial charge in [0.05, 0.1) is 12.1 Å². The number of hydrogen-bond donors (Lipinski definition) is 0. The monoisotopic (exact) mass is 459 g/mol. The molecule has 0 aromatic heterocycles. The van der Waals surface area contributed by atoms with Crippen LogP contribution in [0.25, 0.3) is 0 Å². The van der Waals surface area contributed by atoms with Crippen LogP contribution < -0.4 is 29.6 Å². The molecule has 2 atom stereocenters. The van der Waals surface area contributed by atoms with Gasteiger partial charge in [0.15, 0.2) is 27.8 Å². The van der Waals surface area contributed by atoms with Gasteiger partial charge in [0, 0.05) is 12.8 Å². The average Bonchev–Trinajstić information content (AvgIpc) is 2.66. The van der Waals surface area contributed by atoms with Crippen LogP contribution >= 0.6 is 0 Å². The van der Waals surface area contributed by atoms with Crippen LogP contribution in [0.2, 0.25) is 0 Å². The zero-order valence-corrected chi connectivity index (χ0v) is 19.4. The molecular formula is C15H18F2N4NaO7S-. The molecule has 162 valence electrons. The van der Waals surface area contributed by atoms with E-state index in [1.54, 1.807) is 6.07 Å². The zero-order valence-electron chi connectivity index (χ0n) is 16.6. The summed E-state index contributed by atoms with van der Waals surface area (Å²) in [4.78, 5) is 22.6. The third kappa shape index (κ3) is 10.4. The van der Waals surface area contributed by atoms with Crippen LogP contribution in [-0.2, 0) is 29.2 Å². The fourth-order valence-electron chi connectivity index (χ4n) is 1.55. The standard InChI is InChI=1S/C15H19F2N4O7S.Na/c1-13(8-18,6-4-11(22)27-3)20-21-14(2,9-19)7-5-12(23)28-10-15(16,17)29(24,25)26;/h3-7,10H2,1-2H3,(H,24,25,26);/q-1;+1/p-1. The van der Waals surface area contributed by atoms with Gasteiger partial charge in [-0.1, -0.05) is 0 Å². The molecule has 0 fully saturated rings. The van der Waals surface area contributed by atoms with Gasteiger partial charge in [-0.25, -0.2) is 8.42 Å². The summed E-state index contributed by atoms with van der Waals surface area (Å²) < 4.78 is 65.1. The summed E-state index contributed by atoms with van der Waals surface area (Å²) >= 11 is 0. The zero-order chi connectivity index (χ0) is 22.9. The van der Waals surface area contributed by atoms with Crippen molar-refractivity contribution < 1.29 is 70.4 Å². The molecule has 0 aliphatic carbocycles. The molecule has 0 spiro atoms. The van der Waals surface area contributed by atoms with E-state index in [1.165, 1.54) is 13.8 Å². The number of hydrogen-bond acceptors (Lipinski definition) is 11. The van der Waals surface area contributed by atoms with Crippen molar-refractivity contribution in [1.29, 1.82) is 10.5 Å². The first-order chi connectivity index (χ1) is 13.1. The first-order valence-corrected chi connectivity index (χ1v) is 9.25. The van der Waals surface area contributed by atoms with Gasteiger partial charge >= 0.3 is 40.8 Å². The minimum atomic E-state index is -6.00. The summed E-state index contributed by atoms with van der Waals surface area (Å²) in [5.41, 5.74) is -3.14. The molecule has 30 heavy (non-hydrogen) atoms. The number of halogens is 2. The number of nitrogens with zero attached hydrogens (tertiary/aromatic N) is 4. The second kappa shape index (κ2) is 12.2. The summed E-state index contributed by atoms with van der Waals surface area (Å²) in [6.07, 6.45) is -1.29. The van der Waals surface area contributed by atoms with E-state index in [2.05, 4.69) is 26.8 Å². The Labute approximate surface area is 194 Å². The Bertz CT molecular complexity index is 841. The van der Waals surface area contributed by atoms with E-state index in [1.807, 2.05) is 6.07 Å². The van der Waals surface area contributed by atoms with Gasteiger partial charge in [-0.2, -0.15) is 36.6 Å². The van der Waals surface area contributed by atoms with Gasteiger partial charge in [0.1, 0.15) is 0 Å². The van der Waals surface area contributed by atoms with Crippen molar-refractivity contribution in [1.82, 2.24) is 0 Å². The predicted octanol–water partition coefficient (Wildman–Crippen LogP) is -1.42. The molecule has 0 rings (SSSR count). The first kappa shape index (κ1) is 30.5. The molecule has 0 N–H and O–H groups in total. The minimum absolute atomic E-state index is 0. The number of esters is 2. The summed E-state index contributed by atoms with van der Waals surface area (Å²) in [5.74, 6) is -1.99. The maximum absolute atomic E-state index is 12.9. The normalized spacial score (nSPS) is 15.6. The van der Waals surface area contributed by atoms with E-state index in [-0.39, 0.29) is 48.8 Å². The van der Waals surface area contributed by atoms with Crippen LogP contribution in [0.5, 0.6) is 0 Å². The van der Waals surface area contributed by atoms with Crippen molar-refractivity contribution in [2.75, 3.05) is 6.61 Å². The molecular weight excluding hydrogens is 441 g/mol. The van der Waals surface area contributed by atoms with Gasteiger partial charge in [0.2, 0.25) is 0 Å². The number of nitriles is 2. The van der Waals surface area contributed by atoms with Crippen LogP contribution in [0, 0.1) is 29.8 Å². The molecule has 2 unspecified atom stereocenters. The second-order valence-electron chi connectivity index (χ2n) is 6.24. The quantitative estimate of drug-likeness (QED) is 0.118. The first-order valence-electron chi connectivity index (χ1n) is 7.84. The van der Waals surface area contributed by atoms with Crippen molar-refractivity contribution in [2.24, 2.45) is 10.2 Å². The number of carbonyl (C=O) groups is 2. The van der Waals surface area contributed by atoms with E-state index < -0.39 is 51.4 Å². The SMILES string of the molecule is [CH2-]OC(=O)CCC(C)(C#N)N=NC(C)(C#N)CCC(=O)OCC(F)(F)S(=O)(=O)[O-].[Na+]. The third-order valence-corrected chi connectivity index (χ3v) is 4.38. The van der Waals surface area contributed by atoms with E-state index in [4.69, 9.17) is 0 Å². The molecule has 11 nitrogen and oxygen atoms in total. The predicted molar refractivity (Wildman–Crippen MR) is 88.4 cm³/mol. The number of rotatable bonds is 11. The molecule has 0 saturated carbocycles. The molecule has 0 aliphatic rings. The Morgan fingerprint density at radius 1 is 1.07 bits per heavy atom. The van der Waals surface area contributed by atoms with Gasteiger partial charge in [0.25, 0.3) is 5.97 Å². The Morgan fingerprint density at radius 3 is 1.80 bits per heavy atom. The molecule has 0 heterocycles.